The van der Waals surface area contributed by atoms with E-state index in [1.165, 1.54) is 7.11 Å². The van der Waals surface area contributed by atoms with Gasteiger partial charge in [0.1, 0.15) is 0 Å². The van der Waals surface area contributed by atoms with Gasteiger partial charge in [-0.25, -0.2) is 0 Å². The van der Waals surface area contributed by atoms with E-state index in [1.54, 1.807) is 0 Å². The Kier molecular flexibility index (Phi) is 1.74. The van der Waals surface area contributed by atoms with Crippen LogP contribution in [0, 0.1) is 0 Å². The van der Waals surface area contributed by atoms with Gasteiger partial charge in [0.2, 0.25) is 0 Å². The first kappa shape index (κ1) is 5.98. The smallest absolute Gasteiger partial charge is 0.156 e. The molecule has 0 saturated heterocycles. The average molecular weight is 194 g/mol. The molecule has 0 atom stereocenters. The van der Waals surface area contributed by atoms with Crippen molar-refractivity contribution in [3.8, 4) is 5.75 Å². The van der Waals surface area contributed by atoms with Gasteiger partial charge < -0.3 is 10.5 Å². The van der Waals surface area contributed by atoms with E-state index in [9.17, 15) is 0 Å². The summed E-state index contributed by atoms with van der Waals surface area (Å²) in [4.78, 5) is 0. The predicted octanol–water partition coefficient (Wildman–Crippen LogP) is 2.58. The van der Waals surface area contributed by atoms with E-state index in [1.807, 2.05) is 0 Å². The molecule has 0 aliphatic carbocycles. The summed E-state index contributed by atoms with van der Waals surface area (Å²) in [6.45, 7) is 0. The highest BCUT2D eigenvalue weighted by Gasteiger charge is 2.05. The summed E-state index contributed by atoms with van der Waals surface area (Å²) in [6.07, 6.45) is 0. The van der Waals surface area contributed by atoms with Gasteiger partial charge in [-0.3, -0.25) is 0 Å². The van der Waals surface area contributed by atoms with Crippen LogP contribution in [0.25, 0.3) is 0 Å². The lowest BCUT2D eigenvalue weighted by Crippen LogP contribution is -1.89. The SMILES string of the molecule is [2H]c1c(N)c([2H])c(Cl)c(OC)c1Cl. The standard InChI is InChI=1S/C7H7Cl2NO/c1-11-7-5(8)2-4(10)3-6(7)9/h2-3H,10H2,1H3/i2D,3D. The molecule has 0 bridgehead atoms. The molecular formula is C7H7Cl2NO. The molecule has 0 unspecified atom stereocenters. The van der Waals surface area contributed by atoms with Crippen LogP contribution in [0.15, 0.2) is 12.1 Å². The number of methoxy groups -OCH3 is 1. The Labute approximate surface area is 77.7 Å². The number of nitrogen functional groups attached to an aromatic ring is 1. The molecule has 11 heavy (non-hydrogen) atoms. The van der Waals surface area contributed by atoms with Crippen LogP contribution in [0.2, 0.25) is 10.0 Å². The van der Waals surface area contributed by atoms with E-state index < -0.39 is 0 Å². The van der Waals surface area contributed by atoms with Crippen molar-refractivity contribution in [2.75, 3.05) is 12.8 Å². The number of halogens is 2. The van der Waals surface area contributed by atoms with Crippen molar-refractivity contribution >= 4 is 28.9 Å². The van der Waals surface area contributed by atoms with Gasteiger partial charge in [-0.05, 0) is 12.1 Å². The first-order chi connectivity index (χ1) is 6.00. The molecule has 0 heterocycles. The molecule has 0 aromatic heterocycles. The summed E-state index contributed by atoms with van der Waals surface area (Å²) in [6, 6.07) is -0.263. The second-order valence-electron chi connectivity index (χ2n) is 1.82. The maximum Gasteiger partial charge on any atom is 0.156 e. The molecule has 0 spiro atoms. The average Bonchev–Trinajstić information content (AvgIpc) is 2.13. The maximum absolute atomic E-state index is 7.41. The largest absolute Gasteiger partial charge is 0.494 e. The molecule has 0 aliphatic heterocycles. The van der Waals surface area contributed by atoms with E-state index in [-0.39, 0.29) is 33.6 Å². The molecule has 1 rings (SSSR count). The van der Waals surface area contributed by atoms with Gasteiger partial charge in [0.05, 0.1) is 19.9 Å². The molecule has 1 aromatic rings. The summed E-state index contributed by atoms with van der Waals surface area (Å²) in [7, 11) is 1.36. The number of anilines is 1. The molecule has 4 heteroatoms. The van der Waals surface area contributed by atoms with Crippen molar-refractivity contribution in [2.24, 2.45) is 0 Å². The zero-order valence-electron chi connectivity index (χ0n) is 7.74. The summed E-state index contributed by atoms with van der Waals surface area (Å²) in [5.74, 6) is 0.118. The number of ether oxygens (including phenoxy) is 1. The van der Waals surface area contributed by atoms with Crippen LogP contribution in [0.5, 0.6) is 5.75 Å². The lowest BCUT2D eigenvalue weighted by Gasteiger charge is -2.05. The van der Waals surface area contributed by atoms with Gasteiger partial charge in [-0.15, -0.1) is 0 Å². The van der Waals surface area contributed by atoms with E-state index in [0.717, 1.165) is 0 Å². The van der Waals surface area contributed by atoms with Crippen LogP contribution in [0.4, 0.5) is 5.69 Å². The number of hydrogen-bond acceptors (Lipinski definition) is 2. The van der Waals surface area contributed by atoms with E-state index >= 15 is 0 Å². The fourth-order valence-electron chi connectivity index (χ4n) is 0.657. The normalized spacial score (nSPS) is 12.3. The lowest BCUT2D eigenvalue weighted by molar-refractivity contribution is 0.415. The molecule has 0 amide bonds. The van der Waals surface area contributed by atoms with Crippen LogP contribution in [0.1, 0.15) is 2.74 Å². The molecule has 0 aliphatic rings. The Balaban J connectivity index is 3.56. The number of rotatable bonds is 1. The molecule has 0 saturated carbocycles. The number of nitrogens with two attached hydrogens (primary N) is 1. The minimum Gasteiger partial charge on any atom is -0.494 e. The molecule has 2 nitrogen and oxygen atoms in total. The zero-order chi connectivity index (χ0) is 10.2. The Morgan fingerprint density at radius 1 is 1.45 bits per heavy atom. The fraction of sp³-hybridized carbons (Fsp3) is 0.143. The van der Waals surface area contributed by atoms with Crippen molar-refractivity contribution in [1.82, 2.24) is 0 Å². The fourth-order valence-corrected chi connectivity index (χ4v) is 1.25. The van der Waals surface area contributed by atoms with Crippen LogP contribution >= 0.6 is 23.2 Å². The van der Waals surface area contributed by atoms with Crippen LogP contribution in [-0.2, 0) is 0 Å². The number of hydrogen-bond donors (Lipinski definition) is 1. The van der Waals surface area contributed by atoms with E-state index in [4.69, 9.17) is 36.4 Å². The molecule has 2 N–H and O–H groups in total. The van der Waals surface area contributed by atoms with Crippen molar-refractivity contribution in [1.29, 1.82) is 0 Å². The monoisotopic (exact) mass is 193 g/mol. The Morgan fingerprint density at radius 2 is 1.91 bits per heavy atom. The second kappa shape index (κ2) is 3.20. The van der Waals surface area contributed by atoms with Crippen molar-refractivity contribution in [3.05, 3.63) is 22.1 Å². The topological polar surface area (TPSA) is 35.2 Å². The molecule has 0 radical (unpaired) electrons. The van der Waals surface area contributed by atoms with Crippen LogP contribution < -0.4 is 10.5 Å². The molecule has 0 fully saturated rings. The van der Waals surface area contributed by atoms with Gasteiger partial charge in [0.25, 0.3) is 0 Å². The summed E-state index contributed by atoms with van der Waals surface area (Å²) >= 11 is 11.4. The van der Waals surface area contributed by atoms with Crippen molar-refractivity contribution in [3.63, 3.8) is 0 Å². The Hall–Kier alpha value is -0.600. The van der Waals surface area contributed by atoms with Crippen molar-refractivity contribution in [2.45, 2.75) is 0 Å². The highest BCUT2D eigenvalue weighted by atomic mass is 35.5. The Morgan fingerprint density at radius 3 is 2.27 bits per heavy atom. The summed E-state index contributed by atoms with van der Waals surface area (Å²) < 4.78 is 19.7. The van der Waals surface area contributed by atoms with E-state index in [0.29, 0.717) is 0 Å². The predicted molar refractivity (Wildman–Crippen MR) is 47.4 cm³/mol. The van der Waals surface area contributed by atoms with Gasteiger partial charge in [-0.1, -0.05) is 23.2 Å². The third kappa shape index (κ3) is 1.70. The maximum atomic E-state index is 7.41. The van der Waals surface area contributed by atoms with E-state index in [2.05, 4.69) is 0 Å². The van der Waals surface area contributed by atoms with Crippen molar-refractivity contribution < 1.29 is 7.48 Å². The molecule has 1 aromatic carbocycles. The Bertz CT molecular complexity index is 328. The van der Waals surface area contributed by atoms with Crippen LogP contribution in [-0.4, -0.2) is 7.11 Å². The summed E-state index contributed by atoms with van der Waals surface area (Å²) in [5, 5.41) is 0.0574. The first-order valence-electron chi connectivity index (χ1n) is 3.78. The molecule has 60 valence electrons. The second-order valence-corrected chi connectivity index (χ2v) is 2.58. The van der Waals surface area contributed by atoms with Gasteiger partial charge in [0.15, 0.2) is 5.75 Å². The van der Waals surface area contributed by atoms with Gasteiger partial charge >= 0.3 is 0 Å². The summed E-state index contributed by atoms with van der Waals surface area (Å²) in [5.41, 5.74) is 5.36. The van der Waals surface area contributed by atoms with Crippen LogP contribution in [0.3, 0.4) is 0 Å². The minimum atomic E-state index is -0.132. The highest BCUT2D eigenvalue weighted by molar-refractivity contribution is 6.37. The molecular weight excluding hydrogens is 185 g/mol. The van der Waals surface area contributed by atoms with Gasteiger partial charge in [-0.2, -0.15) is 0 Å². The quantitative estimate of drug-likeness (QED) is 0.697. The third-order valence-electron chi connectivity index (χ3n) is 1.09. The highest BCUT2D eigenvalue weighted by Crippen LogP contribution is 2.34. The lowest BCUT2D eigenvalue weighted by atomic mass is 10.3. The first-order valence-corrected chi connectivity index (χ1v) is 3.53. The number of benzene rings is 1. The minimum absolute atomic E-state index is 0.0287. The van der Waals surface area contributed by atoms with Gasteiger partial charge in [0, 0.05) is 5.69 Å². The third-order valence-corrected chi connectivity index (χ3v) is 1.62. The zero-order valence-corrected chi connectivity index (χ0v) is 7.25.